The zero-order valence-corrected chi connectivity index (χ0v) is 12.5. The summed E-state index contributed by atoms with van der Waals surface area (Å²) in [5.41, 5.74) is -0.513. The van der Waals surface area contributed by atoms with E-state index in [2.05, 4.69) is 10.4 Å². The molecular weight excluding hydrogens is 258 g/mol. The quantitative estimate of drug-likeness (QED) is 0.802. The number of hydrogen-bond donors (Lipinski definition) is 1. The van der Waals surface area contributed by atoms with E-state index in [1.807, 2.05) is 19.2 Å². The summed E-state index contributed by atoms with van der Waals surface area (Å²) in [5, 5.41) is 6.90. The molecule has 1 aromatic heterocycles. The molecule has 0 aliphatic rings. The second kappa shape index (κ2) is 7.07. The Hall–Kier alpha value is -1.85. The second-order valence-electron chi connectivity index (χ2n) is 5.78. The number of esters is 1. The number of carbonyl (C=O) groups is 2. The number of ether oxygens (including phenoxy) is 1. The average Bonchev–Trinajstić information content (AvgIpc) is 2.76. The standard InChI is InChI=1S/C14H23N3O3/c1-11(10-17-9-5-8-15-17)16-12(18)6-7-13(19)20-14(2,3)4/h5,8-9,11H,6-7,10H2,1-4H3,(H,16,18). The van der Waals surface area contributed by atoms with E-state index >= 15 is 0 Å². The first-order valence-corrected chi connectivity index (χ1v) is 6.75. The predicted molar refractivity (Wildman–Crippen MR) is 74.9 cm³/mol. The summed E-state index contributed by atoms with van der Waals surface area (Å²) in [6, 6.07) is 1.79. The first-order chi connectivity index (χ1) is 9.26. The van der Waals surface area contributed by atoms with Crippen LogP contribution in [0.3, 0.4) is 0 Å². The molecule has 0 aliphatic carbocycles. The third-order valence-corrected chi connectivity index (χ3v) is 2.40. The van der Waals surface area contributed by atoms with Crippen LogP contribution in [0.25, 0.3) is 0 Å². The van der Waals surface area contributed by atoms with Crippen LogP contribution in [0.1, 0.15) is 40.5 Å². The van der Waals surface area contributed by atoms with Crippen LogP contribution in [0.4, 0.5) is 0 Å². The van der Waals surface area contributed by atoms with E-state index in [1.165, 1.54) is 0 Å². The lowest BCUT2D eigenvalue weighted by Gasteiger charge is -2.19. The molecule has 1 amide bonds. The molecule has 112 valence electrons. The molecule has 0 radical (unpaired) electrons. The number of nitrogens with one attached hydrogen (secondary N) is 1. The van der Waals surface area contributed by atoms with Gasteiger partial charge in [0.15, 0.2) is 0 Å². The van der Waals surface area contributed by atoms with Crippen LogP contribution in [0.2, 0.25) is 0 Å². The van der Waals surface area contributed by atoms with Crippen LogP contribution in [0.5, 0.6) is 0 Å². The van der Waals surface area contributed by atoms with E-state index in [0.717, 1.165) is 0 Å². The van der Waals surface area contributed by atoms with Gasteiger partial charge < -0.3 is 10.1 Å². The lowest BCUT2D eigenvalue weighted by atomic mass is 10.2. The van der Waals surface area contributed by atoms with Gasteiger partial charge in [-0.05, 0) is 33.8 Å². The highest BCUT2D eigenvalue weighted by Crippen LogP contribution is 2.09. The minimum absolute atomic E-state index is 0.0407. The Kier molecular flexibility index (Phi) is 5.73. The van der Waals surface area contributed by atoms with E-state index in [9.17, 15) is 9.59 Å². The maximum Gasteiger partial charge on any atom is 0.306 e. The smallest absolute Gasteiger partial charge is 0.306 e. The summed E-state index contributed by atoms with van der Waals surface area (Å²) in [7, 11) is 0. The van der Waals surface area contributed by atoms with E-state index in [1.54, 1.807) is 31.6 Å². The summed E-state index contributed by atoms with van der Waals surface area (Å²) in [6.07, 6.45) is 3.76. The van der Waals surface area contributed by atoms with Gasteiger partial charge in [-0.15, -0.1) is 0 Å². The fraction of sp³-hybridized carbons (Fsp3) is 0.643. The van der Waals surface area contributed by atoms with Crippen LogP contribution in [0, 0.1) is 0 Å². The third-order valence-electron chi connectivity index (χ3n) is 2.40. The van der Waals surface area contributed by atoms with Crippen molar-refractivity contribution in [2.24, 2.45) is 0 Å². The maximum atomic E-state index is 11.7. The van der Waals surface area contributed by atoms with E-state index < -0.39 is 5.60 Å². The second-order valence-corrected chi connectivity index (χ2v) is 5.78. The predicted octanol–water partition coefficient (Wildman–Crippen LogP) is 1.51. The van der Waals surface area contributed by atoms with Gasteiger partial charge in [-0.3, -0.25) is 14.3 Å². The monoisotopic (exact) mass is 281 g/mol. The zero-order valence-electron chi connectivity index (χ0n) is 12.5. The largest absolute Gasteiger partial charge is 0.460 e. The molecule has 0 spiro atoms. The molecule has 0 aromatic carbocycles. The number of aromatic nitrogens is 2. The zero-order chi connectivity index (χ0) is 15.2. The SMILES string of the molecule is CC(Cn1cccn1)NC(=O)CCC(=O)OC(C)(C)C. The minimum atomic E-state index is -0.513. The van der Waals surface area contributed by atoms with E-state index in [4.69, 9.17) is 4.74 Å². The van der Waals surface area contributed by atoms with Crippen LogP contribution in [-0.2, 0) is 20.9 Å². The molecule has 6 nitrogen and oxygen atoms in total. The number of rotatable bonds is 6. The fourth-order valence-electron chi connectivity index (χ4n) is 1.69. The Morgan fingerprint density at radius 3 is 2.60 bits per heavy atom. The lowest BCUT2D eigenvalue weighted by molar-refractivity contribution is -0.155. The van der Waals surface area contributed by atoms with Crippen LogP contribution >= 0.6 is 0 Å². The van der Waals surface area contributed by atoms with Gasteiger partial charge in [0, 0.05) is 24.9 Å². The number of nitrogens with zero attached hydrogens (tertiary/aromatic N) is 2. The molecule has 1 aromatic rings. The van der Waals surface area contributed by atoms with Crippen LogP contribution in [-0.4, -0.2) is 33.3 Å². The molecule has 0 aliphatic heterocycles. The molecule has 1 rings (SSSR count). The van der Waals surface area contributed by atoms with Crippen molar-refractivity contribution in [1.29, 1.82) is 0 Å². The topological polar surface area (TPSA) is 73.2 Å². The Balaban J connectivity index is 2.24. The minimum Gasteiger partial charge on any atom is -0.460 e. The number of hydrogen-bond acceptors (Lipinski definition) is 4. The van der Waals surface area contributed by atoms with Gasteiger partial charge in [0.2, 0.25) is 5.91 Å². The fourth-order valence-corrected chi connectivity index (χ4v) is 1.69. The van der Waals surface area contributed by atoms with Crippen molar-refractivity contribution in [3.05, 3.63) is 18.5 Å². The van der Waals surface area contributed by atoms with Gasteiger partial charge in [0.05, 0.1) is 13.0 Å². The normalized spacial score (nSPS) is 12.8. The van der Waals surface area contributed by atoms with Gasteiger partial charge in [0.25, 0.3) is 0 Å². The van der Waals surface area contributed by atoms with Crippen molar-refractivity contribution in [1.82, 2.24) is 15.1 Å². The molecule has 1 atom stereocenters. The molecular formula is C14H23N3O3. The highest BCUT2D eigenvalue weighted by Gasteiger charge is 2.17. The molecule has 1 unspecified atom stereocenters. The average molecular weight is 281 g/mol. The Bertz CT molecular complexity index is 435. The van der Waals surface area contributed by atoms with Crippen LogP contribution < -0.4 is 5.32 Å². The first kappa shape index (κ1) is 16.2. The molecule has 0 fully saturated rings. The molecule has 0 bridgehead atoms. The number of carbonyl (C=O) groups excluding carboxylic acids is 2. The van der Waals surface area contributed by atoms with Crippen molar-refractivity contribution in [3.63, 3.8) is 0 Å². The summed E-state index contributed by atoms with van der Waals surface area (Å²) in [4.78, 5) is 23.2. The molecule has 1 heterocycles. The van der Waals surface area contributed by atoms with Crippen molar-refractivity contribution < 1.29 is 14.3 Å². The van der Waals surface area contributed by atoms with Gasteiger partial charge in [-0.1, -0.05) is 0 Å². The van der Waals surface area contributed by atoms with E-state index in [-0.39, 0.29) is 30.8 Å². The molecule has 0 saturated carbocycles. The molecule has 1 N–H and O–H groups in total. The van der Waals surface area contributed by atoms with Crippen molar-refractivity contribution in [2.45, 2.75) is 58.7 Å². The Morgan fingerprint density at radius 2 is 2.05 bits per heavy atom. The Morgan fingerprint density at radius 1 is 1.35 bits per heavy atom. The summed E-state index contributed by atoms with van der Waals surface area (Å²) >= 11 is 0. The summed E-state index contributed by atoms with van der Waals surface area (Å²) in [6.45, 7) is 7.91. The van der Waals surface area contributed by atoms with Gasteiger partial charge in [-0.25, -0.2) is 0 Å². The van der Waals surface area contributed by atoms with Crippen molar-refractivity contribution >= 4 is 11.9 Å². The third kappa shape index (κ3) is 6.92. The highest BCUT2D eigenvalue weighted by molar-refractivity contribution is 5.81. The van der Waals surface area contributed by atoms with Crippen molar-refractivity contribution in [3.8, 4) is 0 Å². The van der Waals surface area contributed by atoms with Gasteiger partial charge >= 0.3 is 5.97 Å². The van der Waals surface area contributed by atoms with Gasteiger partial charge in [0.1, 0.15) is 5.60 Å². The Labute approximate surface area is 119 Å². The lowest BCUT2D eigenvalue weighted by Crippen LogP contribution is -2.36. The molecule has 6 heteroatoms. The molecule has 0 saturated heterocycles. The van der Waals surface area contributed by atoms with Crippen molar-refractivity contribution in [2.75, 3.05) is 0 Å². The van der Waals surface area contributed by atoms with Crippen LogP contribution in [0.15, 0.2) is 18.5 Å². The summed E-state index contributed by atoms with van der Waals surface area (Å²) in [5.74, 6) is -0.511. The number of amides is 1. The highest BCUT2D eigenvalue weighted by atomic mass is 16.6. The first-order valence-electron chi connectivity index (χ1n) is 6.75. The maximum absolute atomic E-state index is 11.7. The summed E-state index contributed by atoms with van der Waals surface area (Å²) < 4.78 is 6.89. The van der Waals surface area contributed by atoms with E-state index in [0.29, 0.717) is 6.54 Å². The van der Waals surface area contributed by atoms with Gasteiger partial charge in [-0.2, -0.15) is 5.10 Å². The molecule has 20 heavy (non-hydrogen) atoms.